The highest BCUT2D eigenvalue weighted by molar-refractivity contribution is 7.84. The van der Waals surface area contributed by atoms with E-state index in [9.17, 15) is 31.0 Å². The molecule has 1 aromatic carbocycles. The van der Waals surface area contributed by atoms with Crippen LogP contribution < -0.4 is 4.74 Å². The smallest absolute Gasteiger partial charge is 0.410 e. The van der Waals surface area contributed by atoms with Gasteiger partial charge in [-0.05, 0) is 127 Å². The zero-order chi connectivity index (χ0) is 33.6. The summed E-state index contributed by atoms with van der Waals surface area (Å²) in [4.78, 5) is 16.2. The quantitative estimate of drug-likeness (QED) is 0.232. The second-order valence-corrected chi connectivity index (χ2v) is 16.9. The van der Waals surface area contributed by atoms with Crippen LogP contribution in [0.2, 0.25) is 0 Å². The average Bonchev–Trinajstić information content (AvgIpc) is 3.63. The number of carbonyl (C=O) groups is 1. The highest BCUT2D eigenvalue weighted by atomic mass is 32.2. The largest absolute Gasteiger partial charge is 0.453 e. The first-order valence-corrected chi connectivity index (χ1v) is 19.1. The SMILES string of the molecule is CO[C@H]1CC[C@H]2[C@@H]3[C@H](CCCS(=O)CCCC(F)(F)C(F)(F)F)Cc4cc(OC(=O)N5CCc6sccc6C5)ccc4[C@H]3CC[C@]12C. The summed E-state index contributed by atoms with van der Waals surface area (Å²) in [6, 6.07) is 8.12. The Hall–Kier alpha value is -2.05. The Bertz CT molecular complexity index is 1460. The minimum Gasteiger partial charge on any atom is -0.410 e. The van der Waals surface area contributed by atoms with Crippen molar-refractivity contribution in [3.05, 3.63) is 51.2 Å². The van der Waals surface area contributed by atoms with Crippen molar-refractivity contribution in [2.45, 2.75) is 102 Å². The van der Waals surface area contributed by atoms with Gasteiger partial charge in [-0.2, -0.15) is 22.0 Å². The van der Waals surface area contributed by atoms with Crippen molar-refractivity contribution >= 4 is 28.2 Å². The molecule has 2 aromatic rings. The molecule has 0 spiro atoms. The fourth-order valence-corrected chi connectivity index (χ4v) is 11.3. The van der Waals surface area contributed by atoms with Crippen molar-refractivity contribution in [1.82, 2.24) is 4.90 Å². The molecule has 6 rings (SSSR count). The minimum atomic E-state index is -5.58. The predicted molar refractivity (Wildman–Crippen MR) is 173 cm³/mol. The van der Waals surface area contributed by atoms with Gasteiger partial charge in [-0.25, -0.2) is 4.79 Å². The van der Waals surface area contributed by atoms with E-state index in [1.165, 1.54) is 21.6 Å². The van der Waals surface area contributed by atoms with Crippen LogP contribution in [0.3, 0.4) is 0 Å². The molecule has 1 aliphatic heterocycles. The molecule has 1 unspecified atom stereocenters. The van der Waals surface area contributed by atoms with Crippen LogP contribution in [0.15, 0.2) is 29.6 Å². The summed E-state index contributed by atoms with van der Waals surface area (Å²) in [7, 11) is 0.328. The zero-order valence-corrected chi connectivity index (χ0v) is 28.6. The number of ether oxygens (including phenoxy) is 2. The Balaban J connectivity index is 1.14. The highest BCUT2D eigenvalue weighted by Gasteiger charge is 2.58. The Morgan fingerprint density at radius 1 is 1.09 bits per heavy atom. The number of rotatable bonds is 10. The molecule has 2 saturated carbocycles. The third-order valence-corrected chi connectivity index (χ3v) is 14.1. The number of fused-ring (bicyclic) bond motifs is 6. The number of thiophene rings is 1. The monoisotopic (exact) mass is 701 g/mol. The summed E-state index contributed by atoms with van der Waals surface area (Å²) in [5, 5.41) is 2.05. The normalized spacial score (nSPS) is 29.4. The van der Waals surface area contributed by atoms with Crippen molar-refractivity contribution in [1.29, 1.82) is 0 Å². The Labute approximate surface area is 280 Å². The number of benzene rings is 1. The van der Waals surface area contributed by atoms with E-state index in [1.54, 1.807) is 23.3 Å². The van der Waals surface area contributed by atoms with E-state index in [1.807, 2.05) is 12.1 Å². The van der Waals surface area contributed by atoms with E-state index in [2.05, 4.69) is 24.4 Å². The Kier molecular flexibility index (Phi) is 10.1. The lowest BCUT2D eigenvalue weighted by Crippen LogP contribution is -2.47. The van der Waals surface area contributed by atoms with Crippen LogP contribution in [-0.2, 0) is 34.9 Å². The molecule has 12 heteroatoms. The van der Waals surface area contributed by atoms with Crippen LogP contribution in [0.1, 0.15) is 85.8 Å². The highest BCUT2D eigenvalue weighted by Crippen LogP contribution is 2.63. The lowest BCUT2D eigenvalue weighted by atomic mass is 9.52. The van der Waals surface area contributed by atoms with Gasteiger partial charge in [0.1, 0.15) is 5.75 Å². The van der Waals surface area contributed by atoms with Gasteiger partial charge in [0, 0.05) is 47.3 Å². The van der Waals surface area contributed by atoms with Crippen molar-refractivity contribution < 1.29 is 40.4 Å². The summed E-state index contributed by atoms with van der Waals surface area (Å²) >= 11 is 1.72. The minimum absolute atomic E-state index is 0.0738. The maximum atomic E-state index is 13.3. The van der Waals surface area contributed by atoms with Crippen LogP contribution in [-0.4, -0.2) is 58.6 Å². The Morgan fingerprint density at radius 2 is 1.87 bits per heavy atom. The number of nitrogens with zero attached hydrogens (tertiary/aromatic N) is 1. The van der Waals surface area contributed by atoms with E-state index in [0.29, 0.717) is 43.0 Å². The van der Waals surface area contributed by atoms with Crippen molar-refractivity contribution in [2.24, 2.45) is 23.2 Å². The standard InChI is InChI=1S/C35H44F5NO4S2/c1-33-14-10-27-26-7-6-25(45-32(42)41-15-11-29-23(21-41)12-16-46-29)20-24(26)19-22(31(27)28(33)8-9-30(33)44-2)5-3-17-47(43)18-4-13-34(36,37)35(38,39)40/h6-7,12,16,20,22,27-28,30-31H,3-5,8-11,13-15,17-19,21H2,1-2H3/t22-,27-,28+,30+,31-,33+,47?/m1/s1. The van der Waals surface area contributed by atoms with Crippen LogP contribution in [0.25, 0.3) is 0 Å². The molecule has 1 amide bonds. The van der Waals surface area contributed by atoms with Gasteiger partial charge in [-0.15, -0.1) is 11.3 Å². The molecule has 0 radical (unpaired) electrons. The topological polar surface area (TPSA) is 55.8 Å². The Morgan fingerprint density at radius 3 is 2.64 bits per heavy atom. The predicted octanol–water partition coefficient (Wildman–Crippen LogP) is 8.91. The molecular weight excluding hydrogens is 658 g/mol. The first-order valence-electron chi connectivity index (χ1n) is 16.8. The fourth-order valence-electron chi connectivity index (χ4n) is 9.23. The maximum absolute atomic E-state index is 13.3. The number of carbonyl (C=O) groups excluding carboxylic acids is 1. The number of methoxy groups -OCH3 is 1. The lowest BCUT2D eigenvalue weighted by Gasteiger charge is -2.53. The molecule has 3 aliphatic carbocycles. The van der Waals surface area contributed by atoms with Crippen molar-refractivity contribution in [2.75, 3.05) is 25.2 Å². The molecule has 260 valence electrons. The van der Waals surface area contributed by atoms with Gasteiger partial charge in [0.05, 0.1) is 12.6 Å². The van der Waals surface area contributed by atoms with Crippen LogP contribution >= 0.6 is 11.3 Å². The number of hydrogen-bond donors (Lipinski definition) is 0. The average molecular weight is 702 g/mol. The van der Waals surface area contributed by atoms with Gasteiger partial charge in [0.25, 0.3) is 0 Å². The summed E-state index contributed by atoms with van der Waals surface area (Å²) in [6.45, 7) is 3.52. The van der Waals surface area contributed by atoms with E-state index >= 15 is 0 Å². The number of alkyl halides is 5. The number of hydrogen-bond acceptors (Lipinski definition) is 5. The fraction of sp³-hybridized carbons (Fsp3) is 0.686. The molecular formula is C35H44F5NO4S2. The molecule has 2 fully saturated rings. The third kappa shape index (κ3) is 7.02. The third-order valence-electron chi connectivity index (χ3n) is 11.6. The number of halogens is 5. The first kappa shape index (κ1) is 34.8. The molecule has 47 heavy (non-hydrogen) atoms. The van der Waals surface area contributed by atoms with Crippen molar-refractivity contribution in [3.8, 4) is 5.75 Å². The first-order chi connectivity index (χ1) is 22.3. The molecule has 7 atom stereocenters. The molecule has 4 aliphatic rings. The maximum Gasteiger partial charge on any atom is 0.453 e. The van der Waals surface area contributed by atoms with Gasteiger partial charge in [-0.1, -0.05) is 13.0 Å². The van der Waals surface area contributed by atoms with E-state index in [4.69, 9.17) is 9.47 Å². The van der Waals surface area contributed by atoms with E-state index in [-0.39, 0.29) is 35.0 Å². The molecule has 0 N–H and O–H groups in total. The van der Waals surface area contributed by atoms with E-state index < -0.39 is 35.7 Å². The summed E-state index contributed by atoms with van der Waals surface area (Å²) in [5.41, 5.74) is 3.72. The second-order valence-electron chi connectivity index (χ2n) is 14.2. The molecule has 0 bridgehead atoms. The second kappa shape index (κ2) is 13.7. The molecule has 5 nitrogen and oxygen atoms in total. The number of amides is 1. The molecule has 1 aromatic heterocycles. The summed E-state index contributed by atoms with van der Waals surface area (Å²) in [5.74, 6) is -2.62. The van der Waals surface area contributed by atoms with Gasteiger partial charge in [0.15, 0.2) is 0 Å². The van der Waals surface area contributed by atoms with Gasteiger partial charge in [0.2, 0.25) is 0 Å². The van der Waals surface area contributed by atoms with Crippen LogP contribution in [0, 0.1) is 23.2 Å². The molecule has 2 heterocycles. The van der Waals surface area contributed by atoms with Gasteiger partial charge < -0.3 is 14.4 Å². The lowest BCUT2D eigenvalue weighted by molar-refractivity contribution is -0.284. The molecule has 0 saturated heterocycles. The van der Waals surface area contributed by atoms with Gasteiger partial charge in [-0.3, -0.25) is 4.21 Å². The van der Waals surface area contributed by atoms with Crippen molar-refractivity contribution in [3.63, 3.8) is 0 Å². The summed E-state index contributed by atoms with van der Waals surface area (Å²) in [6.07, 6.45) is -0.311. The van der Waals surface area contributed by atoms with E-state index in [0.717, 1.165) is 44.9 Å². The zero-order valence-electron chi connectivity index (χ0n) is 27.0. The van der Waals surface area contributed by atoms with Crippen LogP contribution in [0.4, 0.5) is 26.7 Å². The summed E-state index contributed by atoms with van der Waals surface area (Å²) < 4.78 is 88.7. The van der Waals surface area contributed by atoms with Gasteiger partial charge >= 0.3 is 18.2 Å². The van der Waals surface area contributed by atoms with Crippen LogP contribution in [0.5, 0.6) is 5.75 Å².